The van der Waals surface area contributed by atoms with Gasteiger partial charge >= 0.3 is 0 Å². The van der Waals surface area contributed by atoms with E-state index in [0.717, 1.165) is 37.8 Å². The molecule has 5 nitrogen and oxygen atoms in total. The second kappa shape index (κ2) is 10.4. The van der Waals surface area contributed by atoms with Crippen molar-refractivity contribution in [1.82, 2.24) is 10.6 Å². The molecule has 2 aromatic carbocycles. The van der Waals surface area contributed by atoms with Gasteiger partial charge in [0.25, 0.3) is 0 Å². The van der Waals surface area contributed by atoms with Crippen LogP contribution in [-0.2, 0) is 13.0 Å². The lowest BCUT2D eigenvalue weighted by atomic mass is 10.2. The first-order chi connectivity index (χ1) is 12.7. The van der Waals surface area contributed by atoms with Crippen molar-refractivity contribution in [2.45, 2.75) is 25.9 Å². The van der Waals surface area contributed by atoms with Crippen molar-refractivity contribution in [2.75, 3.05) is 32.1 Å². The molecule has 0 fully saturated rings. The van der Waals surface area contributed by atoms with Crippen LogP contribution in [-0.4, -0.2) is 39.2 Å². The summed E-state index contributed by atoms with van der Waals surface area (Å²) in [4.78, 5) is 6.80. The number of hydrogen-bond acceptors (Lipinski definition) is 3. The highest BCUT2D eigenvalue weighted by Crippen LogP contribution is 2.28. The number of anilines is 1. The van der Waals surface area contributed by atoms with Gasteiger partial charge < -0.3 is 20.3 Å². The third-order valence-corrected chi connectivity index (χ3v) is 4.86. The second-order valence-electron chi connectivity index (χ2n) is 6.58. The lowest BCUT2D eigenvalue weighted by molar-refractivity contribution is 0.414. The Balaban J connectivity index is 0.00000261. The first kappa shape index (κ1) is 21.3. The maximum atomic E-state index is 5.19. The number of para-hydroxylation sites is 1. The number of aliphatic imine (C=N–C) groups is 1. The number of nitrogens with zero attached hydrogens (tertiary/aromatic N) is 2. The molecule has 0 bridgehead atoms. The molecule has 27 heavy (non-hydrogen) atoms. The Bertz CT molecular complexity index is 748. The van der Waals surface area contributed by atoms with Crippen LogP contribution in [0.4, 0.5) is 5.69 Å². The third-order valence-electron chi connectivity index (χ3n) is 4.86. The summed E-state index contributed by atoms with van der Waals surface area (Å²) in [7, 11) is 3.48. The highest BCUT2D eigenvalue weighted by Gasteiger charge is 2.22. The summed E-state index contributed by atoms with van der Waals surface area (Å²) in [6, 6.07) is 17.1. The topological polar surface area (TPSA) is 48.9 Å². The standard InChI is InChI=1S/C21H28N4O.HI/c1-16(25-13-12-18-6-4-5-7-20(18)25)14-23-21(22-2)24-15-17-8-10-19(26-3)11-9-17;/h4-11,16H,12-15H2,1-3H3,(H2,22,23,24);1H. The maximum absolute atomic E-state index is 5.19. The smallest absolute Gasteiger partial charge is 0.191 e. The van der Waals surface area contributed by atoms with Crippen molar-refractivity contribution in [2.24, 2.45) is 4.99 Å². The number of methoxy groups -OCH3 is 1. The highest BCUT2D eigenvalue weighted by atomic mass is 127. The molecule has 1 aliphatic heterocycles. The van der Waals surface area contributed by atoms with Crippen molar-refractivity contribution < 1.29 is 4.74 Å². The average molecular weight is 480 g/mol. The zero-order chi connectivity index (χ0) is 18.4. The number of guanidine groups is 1. The zero-order valence-electron chi connectivity index (χ0n) is 16.2. The molecule has 0 amide bonds. The lowest BCUT2D eigenvalue weighted by Crippen LogP contribution is -2.45. The maximum Gasteiger partial charge on any atom is 0.191 e. The molecule has 3 rings (SSSR count). The van der Waals surface area contributed by atoms with Crippen molar-refractivity contribution in [1.29, 1.82) is 0 Å². The van der Waals surface area contributed by atoms with Crippen LogP contribution < -0.4 is 20.3 Å². The first-order valence-corrected chi connectivity index (χ1v) is 9.13. The summed E-state index contributed by atoms with van der Waals surface area (Å²) in [5.74, 6) is 1.69. The van der Waals surface area contributed by atoms with E-state index in [4.69, 9.17) is 4.74 Å². The zero-order valence-corrected chi connectivity index (χ0v) is 18.6. The fourth-order valence-corrected chi connectivity index (χ4v) is 3.33. The van der Waals surface area contributed by atoms with Crippen LogP contribution in [0.2, 0.25) is 0 Å². The Hall–Kier alpha value is -1.96. The van der Waals surface area contributed by atoms with E-state index in [-0.39, 0.29) is 24.0 Å². The summed E-state index contributed by atoms with van der Waals surface area (Å²) < 4.78 is 5.19. The largest absolute Gasteiger partial charge is 0.497 e. The van der Waals surface area contributed by atoms with E-state index in [1.54, 1.807) is 14.2 Å². The Morgan fingerprint density at radius 3 is 2.59 bits per heavy atom. The summed E-state index contributed by atoms with van der Waals surface area (Å²) in [5.41, 5.74) is 4.00. The molecule has 1 heterocycles. The van der Waals surface area contributed by atoms with Crippen molar-refractivity contribution in [3.8, 4) is 5.75 Å². The highest BCUT2D eigenvalue weighted by molar-refractivity contribution is 14.0. The molecule has 146 valence electrons. The number of fused-ring (bicyclic) bond motifs is 1. The van der Waals surface area contributed by atoms with E-state index in [9.17, 15) is 0 Å². The van der Waals surface area contributed by atoms with E-state index in [1.807, 2.05) is 12.1 Å². The number of ether oxygens (including phenoxy) is 1. The fraction of sp³-hybridized carbons (Fsp3) is 0.381. The molecule has 0 radical (unpaired) electrons. The number of nitrogens with one attached hydrogen (secondary N) is 2. The monoisotopic (exact) mass is 480 g/mol. The third kappa shape index (κ3) is 5.51. The van der Waals surface area contributed by atoms with Gasteiger partial charge in [-0.1, -0.05) is 30.3 Å². The summed E-state index contributed by atoms with van der Waals surface area (Å²) in [6.45, 7) is 4.91. The van der Waals surface area contributed by atoms with Crippen LogP contribution in [0.15, 0.2) is 53.5 Å². The quantitative estimate of drug-likeness (QED) is 0.378. The molecule has 6 heteroatoms. The minimum Gasteiger partial charge on any atom is -0.497 e. The molecule has 1 atom stereocenters. The minimum atomic E-state index is 0. The van der Waals surface area contributed by atoms with E-state index in [2.05, 4.69) is 63.8 Å². The van der Waals surface area contributed by atoms with Gasteiger partial charge in [-0.3, -0.25) is 4.99 Å². The Morgan fingerprint density at radius 1 is 1.15 bits per heavy atom. The van der Waals surface area contributed by atoms with E-state index >= 15 is 0 Å². The van der Waals surface area contributed by atoms with Crippen molar-refractivity contribution in [3.63, 3.8) is 0 Å². The molecular weight excluding hydrogens is 451 g/mol. The van der Waals surface area contributed by atoms with Crippen LogP contribution in [0.3, 0.4) is 0 Å². The Labute approximate surface area is 179 Å². The molecule has 0 spiro atoms. The number of benzene rings is 2. The molecule has 0 saturated heterocycles. The fourth-order valence-electron chi connectivity index (χ4n) is 3.33. The predicted molar refractivity (Wildman–Crippen MR) is 124 cm³/mol. The molecule has 2 aromatic rings. The minimum absolute atomic E-state index is 0. The van der Waals surface area contributed by atoms with Crippen LogP contribution in [0.5, 0.6) is 5.75 Å². The van der Waals surface area contributed by atoms with Crippen LogP contribution in [0, 0.1) is 0 Å². The van der Waals surface area contributed by atoms with Gasteiger partial charge in [-0.15, -0.1) is 24.0 Å². The molecule has 0 saturated carbocycles. The molecule has 0 aliphatic carbocycles. The van der Waals surface area contributed by atoms with Crippen molar-refractivity contribution in [3.05, 3.63) is 59.7 Å². The molecule has 2 N–H and O–H groups in total. The van der Waals surface area contributed by atoms with Gasteiger partial charge in [0.2, 0.25) is 0 Å². The summed E-state index contributed by atoms with van der Waals surface area (Å²) in [6.07, 6.45) is 1.13. The van der Waals surface area contributed by atoms with Crippen LogP contribution in [0.25, 0.3) is 0 Å². The average Bonchev–Trinajstić information content (AvgIpc) is 3.12. The first-order valence-electron chi connectivity index (χ1n) is 9.13. The number of rotatable bonds is 6. The van der Waals surface area contributed by atoms with E-state index in [0.29, 0.717) is 6.04 Å². The van der Waals surface area contributed by atoms with Gasteiger partial charge in [0, 0.05) is 38.4 Å². The van der Waals surface area contributed by atoms with Gasteiger partial charge in [-0.05, 0) is 42.7 Å². The molecular formula is C21H29IN4O. The Kier molecular flexibility index (Phi) is 8.22. The SMILES string of the molecule is CN=C(NCc1ccc(OC)cc1)NCC(C)N1CCc2ccccc21.I. The van der Waals surface area contributed by atoms with Crippen LogP contribution in [0.1, 0.15) is 18.1 Å². The number of halogens is 1. The molecule has 1 aliphatic rings. The van der Waals surface area contributed by atoms with Crippen molar-refractivity contribution >= 4 is 35.6 Å². The van der Waals surface area contributed by atoms with E-state index < -0.39 is 0 Å². The molecule has 1 unspecified atom stereocenters. The van der Waals surface area contributed by atoms with Gasteiger partial charge in [0.1, 0.15) is 5.75 Å². The van der Waals surface area contributed by atoms with Gasteiger partial charge in [-0.2, -0.15) is 0 Å². The van der Waals surface area contributed by atoms with Gasteiger partial charge in [0.05, 0.1) is 7.11 Å². The molecule has 0 aromatic heterocycles. The Morgan fingerprint density at radius 2 is 1.89 bits per heavy atom. The van der Waals surface area contributed by atoms with Gasteiger partial charge in [0.15, 0.2) is 5.96 Å². The van der Waals surface area contributed by atoms with Gasteiger partial charge in [-0.25, -0.2) is 0 Å². The number of hydrogen-bond donors (Lipinski definition) is 2. The second-order valence-corrected chi connectivity index (χ2v) is 6.58. The summed E-state index contributed by atoms with van der Waals surface area (Å²) >= 11 is 0. The lowest BCUT2D eigenvalue weighted by Gasteiger charge is -2.28. The summed E-state index contributed by atoms with van der Waals surface area (Å²) in [5, 5.41) is 6.81. The van der Waals surface area contributed by atoms with E-state index in [1.165, 1.54) is 16.8 Å². The van der Waals surface area contributed by atoms with Crippen LogP contribution >= 0.6 is 24.0 Å². The normalized spacial score (nSPS) is 14.2. The predicted octanol–water partition coefficient (Wildman–Crippen LogP) is 3.43.